The molecule has 0 saturated carbocycles. The summed E-state index contributed by atoms with van der Waals surface area (Å²) in [6.07, 6.45) is 0. The monoisotopic (exact) mass is 288 g/mol. The van der Waals surface area contributed by atoms with Gasteiger partial charge in [-0.15, -0.1) is 0 Å². The van der Waals surface area contributed by atoms with Crippen LogP contribution in [0.5, 0.6) is 0 Å². The first-order valence-corrected chi connectivity index (χ1v) is 7.03. The average Bonchev–Trinajstić information content (AvgIpc) is 2.24. The molecule has 96 valence electrons. The van der Waals surface area contributed by atoms with Gasteiger partial charge in [-0.2, -0.15) is 0 Å². The molecule has 6 nitrogen and oxygen atoms in total. The molecular formula is C10H9ClN2O4S. The lowest BCUT2D eigenvalue weighted by atomic mass is 10.2. The first-order valence-electron chi connectivity index (χ1n) is 4.72. The van der Waals surface area contributed by atoms with Gasteiger partial charge < -0.3 is 5.73 Å². The predicted octanol–water partition coefficient (Wildman–Crippen LogP) is 1.22. The summed E-state index contributed by atoms with van der Waals surface area (Å²) in [6, 6.07) is 2.80. The third-order valence-electron chi connectivity index (χ3n) is 1.88. The lowest BCUT2D eigenvalue weighted by Crippen LogP contribution is -2.11. The molecule has 0 aliphatic rings. The van der Waals surface area contributed by atoms with E-state index in [1.807, 2.05) is 0 Å². The van der Waals surface area contributed by atoms with E-state index in [0.717, 1.165) is 12.1 Å². The average molecular weight is 289 g/mol. The van der Waals surface area contributed by atoms with E-state index in [9.17, 15) is 18.5 Å². The molecule has 0 aromatic heterocycles. The standard InChI is InChI=1S/C10H9ClN2O4S/c1-7(12)2-3-8-4-5-9(18(11,16)17)6-10(8)13(14)15/h4-7H,12H2,1H3. The summed E-state index contributed by atoms with van der Waals surface area (Å²) in [5.41, 5.74) is 5.06. The van der Waals surface area contributed by atoms with Crippen LogP contribution in [0.2, 0.25) is 0 Å². The van der Waals surface area contributed by atoms with Crippen molar-refractivity contribution in [3.8, 4) is 11.8 Å². The Balaban J connectivity index is 3.41. The SMILES string of the molecule is CC(N)C#Cc1ccc(S(=O)(=O)Cl)cc1[N+](=O)[O-]. The second-order valence-electron chi connectivity index (χ2n) is 3.43. The van der Waals surface area contributed by atoms with E-state index in [2.05, 4.69) is 11.8 Å². The van der Waals surface area contributed by atoms with Crippen molar-refractivity contribution in [3.63, 3.8) is 0 Å². The highest BCUT2D eigenvalue weighted by Gasteiger charge is 2.18. The minimum atomic E-state index is -4.01. The van der Waals surface area contributed by atoms with Crippen molar-refractivity contribution in [1.82, 2.24) is 0 Å². The van der Waals surface area contributed by atoms with Gasteiger partial charge in [-0.3, -0.25) is 10.1 Å². The van der Waals surface area contributed by atoms with Gasteiger partial charge in [0.15, 0.2) is 0 Å². The number of rotatable bonds is 2. The normalized spacial score (nSPS) is 12.4. The second kappa shape index (κ2) is 5.35. The second-order valence-corrected chi connectivity index (χ2v) is 6.00. The van der Waals surface area contributed by atoms with Crippen molar-refractivity contribution in [1.29, 1.82) is 0 Å². The van der Waals surface area contributed by atoms with Gasteiger partial charge in [0, 0.05) is 16.7 Å². The van der Waals surface area contributed by atoms with Crippen molar-refractivity contribution in [2.24, 2.45) is 5.73 Å². The molecule has 1 rings (SSSR count). The zero-order chi connectivity index (χ0) is 13.9. The molecule has 0 saturated heterocycles. The first-order chi connectivity index (χ1) is 8.21. The van der Waals surface area contributed by atoms with Crippen LogP contribution in [0.1, 0.15) is 12.5 Å². The van der Waals surface area contributed by atoms with Gasteiger partial charge in [0.1, 0.15) is 5.56 Å². The van der Waals surface area contributed by atoms with Crippen molar-refractivity contribution >= 4 is 25.4 Å². The van der Waals surface area contributed by atoms with Crippen LogP contribution in [-0.4, -0.2) is 19.4 Å². The van der Waals surface area contributed by atoms with Gasteiger partial charge in [0.2, 0.25) is 0 Å². The fraction of sp³-hybridized carbons (Fsp3) is 0.200. The van der Waals surface area contributed by atoms with Crippen molar-refractivity contribution in [2.75, 3.05) is 0 Å². The number of nitro benzene ring substituents is 1. The van der Waals surface area contributed by atoms with Crippen molar-refractivity contribution in [3.05, 3.63) is 33.9 Å². The Kier molecular flexibility index (Phi) is 4.29. The Morgan fingerprint density at radius 3 is 2.56 bits per heavy atom. The minimum Gasteiger partial charge on any atom is -0.318 e. The number of nitrogens with two attached hydrogens (primary N) is 1. The van der Waals surface area contributed by atoms with E-state index in [1.165, 1.54) is 6.07 Å². The summed E-state index contributed by atoms with van der Waals surface area (Å²) in [5, 5.41) is 10.8. The first kappa shape index (κ1) is 14.4. The number of halogens is 1. The van der Waals surface area contributed by atoms with Crippen LogP contribution >= 0.6 is 10.7 Å². The molecule has 0 fully saturated rings. The lowest BCUT2D eigenvalue weighted by molar-refractivity contribution is -0.385. The summed E-state index contributed by atoms with van der Waals surface area (Å²) >= 11 is 0. The molecule has 1 unspecified atom stereocenters. The van der Waals surface area contributed by atoms with Crippen LogP contribution < -0.4 is 5.73 Å². The largest absolute Gasteiger partial charge is 0.318 e. The number of benzene rings is 1. The third kappa shape index (κ3) is 3.70. The topological polar surface area (TPSA) is 103 Å². The Morgan fingerprint density at radius 1 is 1.50 bits per heavy atom. The molecule has 0 aliphatic carbocycles. The maximum absolute atomic E-state index is 11.1. The highest BCUT2D eigenvalue weighted by Crippen LogP contribution is 2.24. The zero-order valence-corrected chi connectivity index (χ0v) is 10.8. The fourth-order valence-corrected chi connectivity index (χ4v) is 1.88. The summed E-state index contributed by atoms with van der Waals surface area (Å²) < 4.78 is 22.1. The molecule has 0 aliphatic heterocycles. The molecular weight excluding hydrogens is 280 g/mol. The smallest absolute Gasteiger partial charge is 0.286 e. The van der Waals surface area contributed by atoms with E-state index in [-0.39, 0.29) is 10.5 Å². The van der Waals surface area contributed by atoms with Gasteiger partial charge in [-0.25, -0.2) is 8.42 Å². The molecule has 2 N–H and O–H groups in total. The van der Waals surface area contributed by atoms with E-state index in [4.69, 9.17) is 16.4 Å². The molecule has 8 heteroatoms. The van der Waals surface area contributed by atoms with Crippen LogP contribution in [0.15, 0.2) is 23.1 Å². The number of nitrogens with zero attached hydrogens (tertiary/aromatic N) is 1. The Morgan fingerprint density at radius 2 is 2.11 bits per heavy atom. The van der Waals surface area contributed by atoms with E-state index in [0.29, 0.717) is 0 Å². The number of hydrogen-bond acceptors (Lipinski definition) is 5. The summed E-state index contributed by atoms with van der Waals surface area (Å²) in [4.78, 5) is 9.74. The van der Waals surface area contributed by atoms with Crippen LogP contribution in [0.25, 0.3) is 0 Å². The zero-order valence-electron chi connectivity index (χ0n) is 9.25. The highest BCUT2D eigenvalue weighted by molar-refractivity contribution is 8.13. The fourth-order valence-electron chi connectivity index (χ4n) is 1.11. The van der Waals surface area contributed by atoms with Gasteiger partial charge in [-0.1, -0.05) is 11.8 Å². The van der Waals surface area contributed by atoms with Crippen molar-refractivity contribution in [2.45, 2.75) is 17.9 Å². The van der Waals surface area contributed by atoms with E-state index < -0.39 is 25.7 Å². The van der Waals surface area contributed by atoms with Crippen LogP contribution in [0, 0.1) is 22.0 Å². The molecule has 18 heavy (non-hydrogen) atoms. The quantitative estimate of drug-likeness (QED) is 0.381. The summed E-state index contributed by atoms with van der Waals surface area (Å²) in [7, 11) is 1.10. The molecule has 0 spiro atoms. The van der Waals surface area contributed by atoms with Crippen LogP contribution in [0.3, 0.4) is 0 Å². The molecule has 1 aromatic rings. The Labute approximate surface area is 108 Å². The third-order valence-corrected chi connectivity index (χ3v) is 3.23. The van der Waals surface area contributed by atoms with Crippen LogP contribution in [0.4, 0.5) is 5.69 Å². The van der Waals surface area contributed by atoms with Gasteiger partial charge in [0.25, 0.3) is 14.7 Å². The molecule has 0 bridgehead atoms. The Hall–Kier alpha value is -1.62. The molecule has 1 atom stereocenters. The van der Waals surface area contributed by atoms with E-state index >= 15 is 0 Å². The number of nitro groups is 1. The highest BCUT2D eigenvalue weighted by atomic mass is 35.7. The molecule has 1 aromatic carbocycles. The predicted molar refractivity (Wildman–Crippen MR) is 66.7 cm³/mol. The summed E-state index contributed by atoms with van der Waals surface area (Å²) in [6.45, 7) is 1.62. The van der Waals surface area contributed by atoms with Gasteiger partial charge in [0.05, 0.1) is 15.9 Å². The maximum Gasteiger partial charge on any atom is 0.286 e. The molecule has 0 heterocycles. The molecule has 0 radical (unpaired) electrons. The maximum atomic E-state index is 11.1. The summed E-state index contributed by atoms with van der Waals surface area (Å²) in [5.74, 6) is 5.07. The van der Waals surface area contributed by atoms with E-state index in [1.54, 1.807) is 6.92 Å². The van der Waals surface area contributed by atoms with Crippen LogP contribution in [-0.2, 0) is 9.05 Å². The minimum absolute atomic E-state index is 0.0846. The lowest BCUT2D eigenvalue weighted by Gasteiger charge is -1.99. The van der Waals surface area contributed by atoms with Crippen molar-refractivity contribution < 1.29 is 13.3 Å². The van der Waals surface area contributed by atoms with Gasteiger partial charge in [-0.05, 0) is 19.1 Å². The van der Waals surface area contributed by atoms with Gasteiger partial charge >= 0.3 is 0 Å². The Bertz CT molecular complexity index is 644. The molecule has 0 amide bonds. The number of hydrogen-bond donors (Lipinski definition) is 1.